The Hall–Kier alpha value is -1.68. The molecule has 2 aromatic carbocycles. The number of hydrogen-bond donors (Lipinski definition) is 0. The van der Waals surface area contributed by atoms with Gasteiger partial charge in [-0.2, -0.15) is 0 Å². The molecule has 1 heterocycles. The molecule has 1 aliphatic rings. The van der Waals surface area contributed by atoms with Crippen molar-refractivity contribution in [3.05, 3.63) is 70.2 Å². The van der Waals surface area contributed by atoms with Crippen molar-refractivity contribution < 1.29 is 14.3 Å². The van der Waals surface area contributed by atoms with Crippen LogP contribution in [0.5, 0.6) is 0 Å². The monoisotopic (exact) mass is 288 g/mol. The lowest BCUT2D eigenvalue weighted by Gasteiger charge is -2.13. The topological polar surface area (TPSA) is 35.5 Å². The molecule has 0 N–H and O–H groups in total. The quantitative estimate of drug-likeness (QED) is 0.809. The second kappa shape index (κ2) is 5.75. The van der Waals surface area contributed by atoms with E-state index in [2.05, 4.69) is 0 Å². The van der Waals surface area contributed by atoms with Gasteiger partial charge >= 0.3 is 0 Å². The fourth-order valence-corrected chi connectivity index (χ4v) is 2.33. The molecule has 0 saturated carbocycles. The van der Waals surface area contributed by atoms with Crippen LogP contribution in [0, 0.1) is 0 Å². The number of ether oxygens (including phenoxy) is 2. The Kier molecular flexibility index (Phi) is 3.83. The molecule has 0 aliphatic carbocycles. The first-order valence-corrected chi connectivity index (χ1v) is 6.76. The van der Waals surface area contributed by atoms with E-state index < -0.39 is 6.29 Å². The molecule has 3 rings (SSSR count). The molecule has 1 saturated heterocycles. The molecule has 4 heteroatoms. The first-order chi connectivity index (χ1) is 9.75. The molecule has 0 aromatic heterocycles. The van der Waals surface area contributed by atoms with Crippen molar-refractivity contribution >= 4 is 17.4 Å². The predicted octanol–water partition coefficient (Wildman–Crippen LogP) is 3.62. The minimum atomic E-state index is -0.456. The van der Waals surface area contributed by atoms with Crippen molar-refractivity contribution in [2.45, 2.75) is 6.29 Å². The normalized spacial score (nSPS) is 15.4. The summed E-state index contributed by atoms with van der Waals surface area (Å²) in [6.07, 6.45) is -0.456. The Bertz CT molecular complexity index is 616. The Labute approximate surface area is 122 Å². The van der Waals surface area contributed by atoms with Gasteiger partial charge in [-0.25, -0.2) is 0 Å². The maximum atomic E-state index is 12.6. The molecule has 3 nitrogen and oxygen atoms in total. The average molecular weight is 289 g/mol. The van der Waals surface area contributed by atoms with Crippen LogP contribution in [-0.4, -0.2) is 19.0 Å². The van der Waals surface area contributed by atoms with Gasteiger partial charge in [-0.15, -0.1) is 0 Å². The Balaban J connectivity index is 1.97. The van der Waals surface area contributed by atoms with Crippen LogP contribution in [0.25, 0.3) is 0 Å². The second-order valence-corrected chi connectivity index (χ2v) is 4.93. The van der Waals surface area contributed by atoms with E-state index in [1.807, 2.05) is 18.2 Å². The van der Waals surface area contributed by atoms with E-state index in [4.69, 9.17) is 21.1 Å². The first kappa shape index (κ1) is 13.3. The van der Waals surface area contributed by atoms with Gasteiger partial charge in [0.1, 0.15) is 0 Å². The van der Waals surface area contributed by atoms with Crippen LogP contribution < -0.4 is 0 Å². The van der Waals surface area contributed by atoms with Crippen LogP contribution in [0.1, 0.15) is 27.8 Å². The molecular weight excluding hydrogens is 276 g/mol. The number of rotatable bonds is 3. The standard InChI is InChI=1S/C16H13ClO3/c17-12-7-5-11(6-8-12)15(18)13-3-1-2-4-14(13)16-19-9-10-20-16/h1-8,16H,9-10H2. The molecule has 2 aromatic rings. The van der Waals surface area contributed by atoms with Crippen molar-refractivity contribution in [3.8, 4) is 0 Å². The highest BCUT2D eigenvalue weighted by molar-refractivity contribution is 6.30. The minimum absolute atomic E-state index is 0.0589. The lowest BCUT2D eigenvalue weighted by Crippen LogP contribution is -2.09. The molecule has 0 amide bonds. The van der Waals surface area contributed by atoms with Gasteiger partial charge in [-0.1, -0.05) is 35.9 Å². The fraction of sp³-hybridized carbons (Fsp3) is 0.188. The highest BCUT2D eigenvalue weighted by atomic mass is 35.5. The predicted molar refractivity (Wildman–Crippen MR) is 76.0 cm³/mol. The zero-order chi connectivity index (χ0) is 13.9. The smallest absolute Gasteiger partial charge is 0.193 e. The van der Waals surface area contributed by atoms with Gasteiger partial charge in [-0.3, -0.25) is 4.79 Å². The van der Waals surface area contributed by atoms with Crippen molar-refractivity contribution in [2.75, 3.05) is 13.2 Å². The third kappa shape index (κ3) is 2.61. The van der Waals surface area contributed by atoms with E-state index in [9.17, 15) is 4.79 Å². The second-order valence-electron chi connectivity index (χ2n) is 4.50. The summed E-state index contributed by atoms with van der Waals surface area (Å²) in [6.45, 7) is 1.10. The SMILES string of the molecule is O=C(c1ccc(Cl)cc1)c1ccccc1C1OCCO1. The Morgan fingerprint density at radius 3 is 2.35 bits per heavy atom. The first-order valence-electron chi connectivity index (χ1n) is 6.38. The summed E-state index contributed by atoms with van der Waals surface area (Å²) in [5, 5.41) is 0.609. The van der Waals surface area contributed by atoms with Crippen molar-refractivity contribution in [2.24, 2.45) is 0 Å². The van der Waals surface area contributed by atoms with E-state index in [1.165, 1.54) is 0 Å². The zero-order valence-corrected chi connectivity index (χ0v) is 11.5. The number of carbonyl (C=O) groups is 1. The molecule has 20 heavy (non-hydrogen) atoms. The van der Waals surface area contributed by atoms with Gasteiger partial charge in [0.25, 0.3) is 0 Å². The van der Waals surface area contributed by atoms with Crippen molar-refractivity contribution in [3.63, 3.8) is 0 Å². The molecular formula is C16H13ClO3. The van der Waals surface area contributed by atoms with Gasteiger partial charge < -0.3 is 9.47 Å². The van der Waals surface area contributed by atoms with Crippen LogP contribution in [-0.2, 0) is 9.47 Å². The van der Waals surface area contributed by atoms with E-state index in [0.29, 0.717) is 29.4 Å². The third-order valence-electron chi connectivity index (χ3n) is 3.19. The van der Waals surface area contributed by atoms with Crippen LogP contribution in [0.4, 0.5) is 0 Å². The van der Waals surface area contributed by atoms with Gasteiger partial charge in [-0.05, 0) is 24.3 Å². The van der Waals surface area contributed by atoms with Gasteiger partial charge in [0, 0.05) is 21.7 Å². The summed E-state index contributed by atoms with van der Waals surface area (Å²) in [7, 11) is 0. The van der Waals surface area contributed by atoms with Crippen molar-refractivity contribution in [1.29, 1.82) is 0 Å². The number of ketones is 1. The van der Waals surface area contributed by atoms with Crippen LogP contribution in [0.15, 0.2) is 48.5 Å². The minimum Gasteiger partial charge on any atom is -0.346 e. The molecule has 0 unspecified atom stereocenters. The van der Waals surface area contributed by atoms with Crippen LogP contribution in [0.2, 0.25) is 5.02 Å². The van der Waals surface area contributed by atoms with Crippen molar-refractivity contribution in [1.82, 2.24) is 0 Å². The largest absolute Gasteiger partial charge is 0.346 e. The van der Waals surface area contributed by atoms with Gasteiger partial charge in [0.05, 0.1) is 13.2 Å². The average Bonchev–Trinajstić information content (AvgIpc) is 3.01. The number of hydrogen-bond acceptors (Lipinski definition) is 3. The lowest BCUT2D eigenvalue weighted by molar-refractivity contribution is -0.0444. The van der Waals surface area contributed by atoms with E-state index in [-0.39, 0.29) is 5.78 Å². The molecule has 1 fully saturated rings. The number of benzene rings is 2. The van der Waals surface area contributed by atoms with E-state index >= 15 is 0 Å². The molecule has 0 atom stereocenters. The molecule has 0 radical (unpaired) electrons. The van der Waals surface area contributed by atoms with E-state index in [0.717, 1.165) is 5.56 Å². The molecule has 102 valence electrons. The highest BCUT2D eigenvalue weighted by Gasteiger charge is 2.24. The number of carbonyl (C=O) groups excluding carboxylic acids is 1. The maximum absolute atomic E-state index is 12.6. The summed E-state index contributed by atoms with van der Waals surface area (Å²) in [6, 6.07) is 14.2. The molecule has 0 bridgehead atoms. The summed E-state index contributed by atoms with van der Waals surface area (Å²) in [5.74, 6) is -0.0589. The zero-order valence-electron chi connectivity index (χ0n) is 10.7. The molecule has 1 aliphatic heterocycles. The van der Waals surface area contributed by atoms with Gasteiger partial charge in [0.2, 0.25) is 0 Å². The third-order valence-corrected chi connectivity index (χ3v) is 3.44. The Morgan fingerprint density at radius 1 is 1.00 bits per heavy atom. The summed E-state index contributed by atoms with van der Waals surface area (Å²) >= 11 is 5.85. The van der Waals surface area contributed by atoms with Gasteiger partial charge in [0.15, 0.2) is 12.1 Å². The lowest BCUT2D eigenvalue weighted by atomic mass is 9.98. The summed E-state index contributed by atoms with van der Waals surface area (Å²) < 4.78 is 11.0. The fourth-order valence-electron chi connectivity index (χ4n) is 2.20. The summed E-state index contributed by atoms with van der Waals surface area (Å²) in [4.78, 5) is 12.6. The molecule has 0 spiro atoms. The highest BCUT2D eigenvalue weighted by Crippen LogP contribution is 2.28. The Morgan fingerprint density at radius 2 is 1.65 bits per heavy atom. The number of halogens is 1. The van der Waals surface area contributed by atoms with E-state index in [1.54, 1.807) is 30.3 Å². The summed E-state index contributed by atoms with van der Waals surface area (Å²) in [5.41, 5.74) is 1.96. The van der Waals surface area contributed by atoms with Crippen LogP contribution in [0.3, 0.4) is 0 Å². The van der Waals surface area contributed by atoms with Crippen LogP contribution >= 0.6 is 11.6 Å². The maximum Gasteiger partial charge on any atom is 0.193 e.